The molecule has 3 rings (SSSR count). The van der Waals surface area contributed by atoms with Crippen LogP contribution in [0.2, 0.25) is 0 Å². The van der Waals surface area contributed by atoms with E-state index >= 15 is 0 Å². The van der Waals surface area contributed by atoms with Gasteiger partial charge in [0.1, 0.15) is 5.75 Å². The number of hydrogen-bond acceptors (Lipinski definition) is 3. The third kappa shape index (κ3) is 4.40. The number of benzene rings is 2. The summed E-state index contributed by atoms with van der Waals surface area (Å²) in [5.41, 5.74) is 4.00. The van der Waals surface area contributed by atoms with Crippen molar-refractivity contribution in [3.63, 3.8) is 0 Å². The summed E-state index contributed by atoms with van der Waals surface area (Å²) < 4.78 is 5.37. The summed E-state index contributed by atoms with van der Waals surface area (Å²) in [6.45, 7) is 1.78. The van der Waals surface area contributed by atoms with E-state index < -0.39 is 5.97 Å². The van der Waals surface area contributed by atoms with E-state index in [2.05, 4.69) is 41.3 Å². The number of methoxy groups -OCH3 is 1. The van der Waals surface area contributed by atoms with Crippen LogP contribution in [0, 0.1) is 0 Å². The molecule has 0 aliphatic carbocycles. The van der Waals surface area contributed by atoms with Crippen LogP contribution in [-0.4, -0.2) is 29.6 Å². The summed E-state index contributed by atoms with van der Waals surface area (Å²) in [6.07, 6.45) is 2.84. The smallest absolute Gasteiger partial charge is 0.303 e. The van der Waals surface area contributed by atoms with Crippen molar-refractivity contribution in [3.8, 4) is 5.75 Å². The van der Waals surface area contributed by atoms with Crippen molar-refractivity contribution >= 4 is 5.97 Å². The SMILES string of the molecule is COc1ccc2c(c1)CN(CCCCC(=O)O)C(c1ccccc1)C2. The molecule has 0 saturated heterocycles. The molecule has 0 radical (unpaired) electrons. The molecule has 4 heteroatoms. The Hall–Kier alpha value is -2.33. The van der Waals surface area contributed by atoms with E-state index in [1.54, 1.807) is 7.11 Å². The van der Waals surface area contributed by atoms with Crippen LogP contribution < -0.4 is 4.74 Å². The molecule has 0 saturated carbocycles. The maximum atomic E-state index is 10.7. The summed E-state index contributed by atoms with van der Waals surface area (Å²) in [7, 11) is 1.70. The third-order valence-corrected chi connectivity index (χ3v) is 4.91. The molecule has 0 fully saturated rings. The van der Waals surface area contributed by atoms with E-state index in [0.29, 0.717) is 6.04 Å². The Morgan fingerprint density at radius 3 is 2.68 bits per heavy atom. The van der Waals surface area contributed by atoms with Gasteiger partial charge in [0, 0.05) is 19.0 Å². The second-order valence-corrected chi connectivity index (χ2v) is 6.59. The minimum absolute atomic E-state index is 0.244. The van der Waals surface area contributed by atoms with Crippen molar-refractivity contribution in [1.29, 1.82) is 0 Å². The van der Waals surface area contributed by atoms with Gasteiger partial charge in [-0.3, -0.25) is 9.69 Å². The average Bonchev–Trinajstić information content (AvgIpc) is 2.64. The van der Waals surface area contributed by atoms with Crippen LogP contribution in [0.5, 0.6) is 5.75 Å². The van der Waals surface area contributed by atoms with Crippen molar-refractivity contribution < 1.29 is 14.6 Å². The number of rotatable bonds is 7. The topological polar surface area (TPSA) is 49.8 Å². The number of carboxylic acid groups (broad SMARTS) is 1. The Bertz CT molecular complexity index is 714. The monoisotopic (exact) mass is 339 g/mol. The number of unbranched alkanes of at least 4 members (excludes halogenated alkanes) is 1. The standard InChI is InChI=1S/C21H25NO3/c1-25-19-11-10-17-14-20(16-7-3-2-4-8-16)22(15-18(17)13-19)12-6-5-9-21(23)24/h2-4,7-8,10-11,13,20H,5-6,9,12,14-15H2,1H3,(H,23,24). The summed E-state index contributed by atoms with van der Waals surface area (Å²) in [5.74, 6) is 0.177. The number of carboxylic acids is 1. The van der Waals surface area contributed by atoms with Gasteiger partial charge in [-0.05, 0) is 54.6 Å². The number of nitrogens with zero attached hydrogens (tertiary/aromatic N) is 1. The van der Waals surface area contributed by atoms with Crippen molar-refractivity contribution in [2.24, 2.45) is 0 Å². The first-order valence-corrected chi connectivity index (χ1v) is 8.84. The highest BCUT2D eigenvalue weighted by molar-refractivity contribution is 5.66. The summed E-state index contributed by atoms with van der Waals surface area (Å²) in [6, 6.07) is 17.3. The van der Waals surface area contributed by atoms with Crippen LogP contribution in [0.25, 0.3) is 0 Å². The van der Waals surface area contributed by atoms with Gasteiger partial charge < -0.3 is 9.84 Å². The minimum atomic E-state index is -0.715. The van der Waals surface area contributed by atoms with Crippen LogP contribution >= 0.6 is 0 Å². The van der Waals surface area contributed by atoms with Gasteiger partial charge in [0.05, 0.1) is 7.11 Å². The average molecular weight is 339 g/mol. The molecule has 1 atom stereocenters. The van der Waals surface area contributed by atoms with Gasteiger partial charge in [0.25, 0.3) is 0 Å². The molecule has 0 spiro atoms. The molecule has 1 aliphatic rings. The Labute approximate surface area is 149 Å². The lowest BCUT2D eigenvalue weighted by Gasteiger charge is -2.37. The van der Waals surface area contributed by atoms with E-state index in [1.807, 2.05) is 12.1 Å². The van der Waals surface area contributed by atoms with Crippen LogP contribution in [0.15, 0.2) is 48.5 Å². The zero-order valence-electron chi connectivity index (χ0n) is 14.6. The largest absolute Gasteiger partial charge is 0.497 e. The minimum Gasteiger partial charge on any atom is -0.497 e. The summed E-state index contributed by atoms with van der Waals surface area (Å²) >= 11 is 0. The maximum absolute atomic E-state index is 10.7. The lowest BCUT2D eigenvalue weighted by atomic mass is 9.89. The zero-order chi connectivity index (χ0) is 17.6. The van der Waals surface area contributed by atoms with Crippen LogP contribution in [0.4, 0.5) is 0 Å². The lowest BCUT2D eigenvalue weighted by molar-refractivity contribution is -0.137. The van der Waals surface area contributed by atoms with Crippen LogP contribution in [0.3, 0.4) is 0 Å². The maximum Gasteiger partial charge on any atom is 0.303 e. The Balaban J connectivity index is 1.79. The lowest BCUT2D eigenvalue weighted by Crippen LogP contribution is -2.35. The van der Waals surface area contributed by atoms with Gasteiger partial charge in [0.2, 0.25) is 0 Å². The van der Waals surface area contributed by atoms with Gasteiger partial charge >= 0.3 is 5.97 Å². The fraction of sp³-hybridized carbons (Fsp3) is 0.381. The molecular weight excluding hydrogens is 314 g/mol. The van der Waals surface area contributed by atoms with Crippen LogP contribution in [0.1, 0.15) is 42.0 Å². The second kappa shape index (κ2) is 8.17. The number of ether oxygens (including phenoxy) is 1. The molecule has 4 nitrogen and oxygen atoms in total. The summed E-state index contributed by atoms with van der Waals surface area (Å²) in [5, 5.41) is 8.84. The highest BCUT2D eigenvalue weighted by Crippen LogP contribution is 2.34. The molecule has 0 aromatic heterocycles. The molecular formula is C21H25NO3. The molecule has 0 amide bonds. The van der Waals surface area contributed by atoms with E-state index in [1.165, 1.54) is 16.7 Å². The normalized spacial score (nSPS) is 17.1. The molecule has 2 aromatic carbocycles. The molecule has 132 valence electrons. The molecule has 25 heavy (non-hydrogen) atoms. The predicted molar refractivity (Wildman–Crippen MR) is 97.8 cm³/mol. The van der Waals surface area contributed by atoms with E-state index in [9.17, 15) is 4.79 Å². The number of carbonyl (C=O) groups is 1. The molecule has 1 heterocycles. The Morgan fingerprint density at radius 2 is 1.96 bits per heavy atom. The number of fused-ring (bicyclic) bond motifs is 1. The quantitative estimate of drug-likeness (QED) is 0.773. The highest BCUT2D eigenvalue weighted by atomic mass is 16.5. The van der Waals surface area contributed by atoms with Gasteiger partial charge in [-0.25, -0.2) is 0 Å². The van der Waals surface area contributed by atoms with Crippen molar-refractivity contribution in [2.75, 3.05) is 13.7 Å². The van der Waals surface area contributed by atoms with Gasteiger partial charge in [-0.2, -0.15) is 0 Å². The summed E-state index contributed by atoms with van der Waals surface area (Å²) in [4.78, 5) is 13.2. The molecule has 0 bridgehead atoms. The van der Waals surface area contributed by atoms with Crippen molar-refractivity contribution in [1.82, 2.24) is 4.90 Å². The van der Waals surface area contributed by atoms with Crippen molar-refractivity contribution in [3.05, 3.63) is 65.2 Å². The number of aliphatic carboxylic acids is 1. The van der Waals surface area contributed by atoms with Gasteiger partial charge in [-0.1, -0.05) is 36.4 Å². The van der Waals surface area contributed by atoms with Gasteiger partial charge in [-0.15, -0.1) is 0 Å². The Kier molecular flexibility index (Phi) is 5.71. The second-order valence-electron chi connectivity index (χ2n) is 6.59. The molecule has 2 aromatic rings. The molecule has 1 N–H and O–H groups in total. The molecule has 1 aliphatic heterocycles. The highest BCUT2D eigenvalue weighted by Gasteiger charge is 2.27. The Morgan fingerprint density at radius 1 is 1.16 bits per heavy atom. The predicted octanol–water partition coefficient (Wildman–Crippen LogP) is 4.05. The fourth-order valence-corrected chi connectivity index (χ4v) is 3.57. The first-order valence-electron chi connectivity index (χ1n) is 8.84. The third-order valence-electron chi connectivity index (χ3n) is 4.91. The van der Waals surface area contributed by atoms with Gasteiger partial charge in [0.15, 0.2) is 0 Å². The van der Waals surface area contributed by atoms with Crippen LogP contribution in [-0.2, 0) is 17.8 Å². The zero-order valence-corrected chi connectivity index (χ0v) is 14.6. The fourth-order valence-electron chi connectivity index (χ4n) is 3.57. The van der Waals surface area contributed by atoms with E-state index in [-0.39, 0.29) is 6.42 Å². The van der Waals surface area contributed by atoms with E-state index in [4.69, 9.17) is 9.84 Å². The van der Waals surface area contributed by atoms with Crippen molar-refractivity contribution in [2.45, 2.75) is 38.3 Å². The first-order chi connectivity index (χ1) is 12.2. The molecule has 1 unspecified atom stereocenters. The first kappa shape index (κ1) is 17.5. The van der Waals surface area contributed by atoms with E-state index in [0.717, 1.165) is 38.1 Å². The number of hydrogen-bond donors (Lipinski definition) is 1.